The van der Waals surface area contributed by atoms with E-state index in [9.17, 15) is 0 Å². The minimum absolute atomic E-state index is 0.0467. The third-order valence-electron chi connectivity index (χ3n) is 6.43. The maximum atomic E-state index is 6.26. The third kappa shape index (κ3) is 5.27. The summed E-state index contributed by atoms with van der Waals surface area (Å²) in [6.07, 6.45) is 6.13. The Morgan fingerprint density at radius 1 is 1.06 bits per heavy atom. The number of nitrogens with one attached hydrogen (secondary N) is 4. The number of thioether (sulfide) groups is 1. The Labute approximate surface area is 216 Å². The summed E-state index contributed by atoms with van der Waals surface area (Å²) in [6.45, 7) is 8.38. The van der Waals surface area contributed by atoms with E-state index < -0.39 is 0 Å². The molecule has 36 heavy (non-hydrogen) atoms. The largest absolute Gasteiger partial charge is 0.489 e. The number of fused-ring (bicyclic) bond motifs is 1. The van der Waals surface area contributed by atoms with Gasteiger partial charge in [-0.2, -0.15) is 15.1 Å². The van der Waals surface area contributed by atoms with E-state index in [0.717, 1.165) is 53.3 Å². The van der Waals surface area contributed by atoms with Gasteiger partial charge >= 0.3 is 0 Å². The van der Waals surface area contributed by atoms with E-state index in [2.05, 4.69) is 62.5 Å². The fourth-order valence-corrected chi connectivity index (χ4v) is 5.26. The first-order chi connectivity index (χ1) is 17.5. The molecule has 4 N–H and O–H groups in total. The molecule has 0 atom stereocenters. The lowest BCUT2D eigenvalue weighted by Crippen LogP contribution is -2.27. The lowest BCUT2D eigenvalue weighted by Gasteiger charge is -2.26. The highest BCUT2D eigenvalue weighted by Crippen LogP contribution is 2.38. The number of para-hydroxylation sites is 1. The summed E-state index contributed by atoms with van der Waals surface area (Å²) in [5.74, 6) is 2.52. The zero-order valence-corrected chi connectivity index (χ0v) is 22.0. The molecular weight excluding hydrogens is 470 g/mol. The highest BCUT2D eigenvalue weighted by Gasteiger charge is 2.21. The molecular formula is C27H33N7OS. The number of aromatic amines is 1. The molecule has 0 spiro atoms. The number of aryl methyl sites for hydroxylation is 1. The Bertz CT molecular complexity index is 1350. The SMILES string of the molecule is CSc1ccccc1Nc1nc(Nc2cc(C)c(C3CCNCC3)cc2OC(C)C)nc2[nH]ncc12. The third-order valence-corrected chi connectivity index (χ3v) is 7.22. The topological polar surface area (TPSA) is 99.8 Å². The van der Waals surface area contributed by atoms with Crippen LogP contribution in [0, 0.1) is 6.92 Å². The van der Waals surface area contributed by atoms with Crippen molar-refractivity contribution in [3.05, 3.63) is 53.7 Å². The van der Waals surface area contributed by atoms with Crippen molar-refractivity contribution < 1.29 is 4.74 Å². The van der Waals surface area contributed by atoms with E-state index in [0.29, 0.717) is 23.3 Å². The van der Waals surface area contributed by atoms with E-state index >= 15 is 0 Å². The summed E-state index contributed by atoms with van der Waals surface area (Å²) in [5, 5.41) is 18.4. The molecule has 1 fully saturated rings. The Balaban J connectivity index is 1.51. The monoisotopic (exact) mass is 503 g/mol. The van der Waals surface area contributed by atoms with Gasteiger partial charge in [-0.1, -0.05) is 12.1 Å². The summed E-state index contributed by atoms with van der Waals surface area (Å²) in [5.41, 5.74) is 5.11. The number of benzene rings is 2. The summed E-state index contributed by atoms with van der Waals surface area (Å²) in [6, 6.07) is 12.5. The fourth-order valence-electron chi connectivity index (χ4n) is 4.71. The number of rotatable bonds is 8. The predicted octanol–water partition coefficient (Wildman–Crippen LogP) is 6.12. The van der Waals surface area contributed by atoms with Gasteiger partial charge in [0.2, 0.25) is 5.95 Å². The molecule has 3 heterocycles. The molecule has 0 saturated carbocycles. The Morgan fingerprint density at radius 3 is 2.64 bits per heavy atom. The number of anilines is 4. The fraction of sp³-hybridized carbons (Fsp3) is 0.370. The smallest absolute Gasteiger partial charge is 0.231 e. The van der Waals surface area contributed by atoms with Crippen molar-refractivity contribution >= 4 is 45.9 Å². The molecule has 0 unspecified atom stereocenters. The van der Waals surface area contributed by atoms with Gasteiger partial charge < -0.3 is 20.7 Å². The number of aromatic nitrogens is 4. The van der Waals surface area contributed by atoms with E-state index in [-0.39, 0.29) is 6.10 Å². The Hall–Kier alpha value is -3.30. The molecule has 1 saturated heterocycles. The van der Waals surface area contributed by atoms with Gasteiger partial charge in [-0.25, -0.2) is 0 Å². The second-order valence-corrected chi connectivity index (χ2v) is 10.2. The molecule has 8 nitrogen and oxygen atoms in total. The van der Waals surface area contributed by atoms with Crippen LogP contribution < -0.4 is 20.7 Å². The van der Waals surface area contributed by atoms with E-state index in [4.69, 9.17) is 9.72 Å². The number of hydrogen-bond donors (Lipinski definition) is 4. The highest BCUT2D eigenvalue weighted by atomic mass is 32.2. The zero-order valence-electron chi connectivity index (χ0n) is 21.2. The van der Waals surface area contributed by atoms with Crippen LogP contribution >= 0.6 is 11.8 Å². The van der Waals surface area contributed by atoms with Crippen molar-refractivity contribution in [1.82, 2.24) is 25.5 Å². The van der Waals surface area contributed by atoms with Crippen LogP contribution in [0.2, 0.25) is 0 Å². The van der Waals surface area contributed by atoms with Gasteiger partial charge in [0, 0.05) is 4.90 Å². The predicted molar refractivity (Wildman–Crippen MR) is 148 cm³/mol. The van der Waals surface area contributed by atoms with Crippen LogP contribution in [0.5, 0.6) is 5.75 Å². The maximum absolute atomic E-state index is 6.26. The van der Waals surface area contributed by atoms with Crippen molar-refractivity contribution in [1.29, 1.82) is 0 Å². The molecule has 1 aliphatic rings. The first-order valence-electron chi connectivity index (χ1n) is 12.4. The van der Waals surface area contributed by atoms with Crippen LogP contribution in [0.25, 0.3) is 11.0 Å². The molecule has 9 heteroatoms. The molecule has 0 radical (unpaired) electrons. The summed E-state index contributed by atoms with van der Waals surface area (Å²) < 4.78 is 6.26. The molecule has 0 aliphatic carbocycles. The second-order valence-electron chi connectivity index (χ2n) is 9.37. The molecule has 2 aromatic heterocycles. The van der Waals surface area contributed by atoms with Crippen LogP contribution in [-0.4, -0.2) is 45.6 Å². The van der Waals surface area contributed by atoms with Crippen molar-refractivity contribution in [2.45, 2.75) is 50.5 Å². The second kappa shape index (κ2) is 10.8. The van der Waals surface area contributed by atoms with E-state index in [1.54, 1.807) is 18.0 Å². The molecule has 5 rings (SSSR count). The van der Waals surface area contributed by atoms with Crippen LogP contribution in [-0.2, 0) is 0 Å². The van der Waals surface area contributed by atoms with Gasteiger partial charge in [-0.15, -0.1) is 11.8 Å². The first-order valence-corrected chi connectivity index (χ1v) is 13.6. The molecule has 188 valence electrons. The zero-order chi connectivity index (χ0) is 25.1. The number of nitrogens with zero attached hydrogens (tertiary/aromatic N) is 3. The van der Waals surface area contributed by atoms with Crippen molar-refractivity contribution in [3.63, 3.8) is 0 Å². The van der Waals surface area contributed by atoms with Crippen LogP contribution in [0.3, 0.4) is 0 Å². The van der Waals surface area contributed by atoms with Gasteiger partial charge in [-0.05, 0) is 94.3 Å². The number of H-pyrrole nitrogens is 1. The van der Waals surface area contributed by atoms with Crippen molar-refractivity contribution in [2.24, 2.45) is 0 Å². The van der Waals surface area contributed by atoms with E-state index in [1.807, 2.05) is 32.0 Å². The van der Waals surface area contributed by atoms with Crippen LogP contribution in [0.4, 0.5) is 23.1 Å². The molecule has 0 bridgehead atoms. The number of piperidine rings is 1. The lowest BCUT2D eigenvalue weighted by molar-refractivity contribution is 0.243. The van der Waals surface area contributed by atoms with Crippen molar-refractivity contribution in [2.75, 3.05) is 30.0 Å². The van der Waals surface area contributed by atoms with Gasteiger partial charge in [0.1, 0.15) is 11.6 Å². The Kier molecular flexibility index (Phi) is 7.29. The van der Waals surface area contributed by atoms with Gasteiger partial charge in [-0.3, -0.25) is 5.10 Å². The average Bonchev–Trinajstić information content (AvgIpc) is 3.35. The number of hydrogen-bond acceptors (Lipinski definition) is 8. The highest BCUT2D eigenvalue weighted by molar-refractivity contribution is 7.98. The normalized spacial score (nSPS) is 14.4. The standard InChI is InChI=1S/C27H33N7OS/c1-16(2)35-23-14-19(18-9-11-28-12-10-18)17(3)13-22(23)31-27-32-25(20-15-29-34-26(20)33-27)30-21-7-5-6-8-24(21)36-4/h5-8,13-16,18,28H,9-12H2,1-4H3,(H3,29,30,31,32,33,34). The average molecular weight is 504 g/mol. The van der Waals surface area contributed by atoms with Crippen LogP contribution in [0.1, 0.15) is 43.7 Å². The molecule has 0 amide bonds. The minimum atomic E-state index is 0.0467. The Morgan fingerprint density at radius 2 is 1.86 bits per heavy atom. The maximum Gasteiger partial charge on any atom is 0.231 e. The quantitative estimate of drug-likeness (QED) is 0.213. The van der Waals surface area contributed by atoms with Gasteiger partial charge in [0.05, 0.1) is 29.1 Å². The first kappa shape index (κ1) is 24.4. The lowest BCUT2D eigenvalue weighted by atomic mass is 9.87. The van der Waals surface area contributed by atoms with Crippen molar-refractivity contribution in [3.8, 4) is 5.75 Å². The van der Waals surface area contributed by atoms with E-state index in [1.165, 1.54) is 11.1 Å². The summed E-state index contributed by atoms with van der Waals surface area (Å²) in [7, 11) is 0. The van der Waals surface area contributed by atoms with Gasteiger partial charge in [0.15, 0.2) is 5.65 Å². The minimum Gasteiger partial charge on any atom is -0.489 e. The summed E-state index contributed by atoms with van der Waals surface area (Å²) >= 11 is 1.69. The molecule has 2 aromatic carbocycles. The molecule has 1 aliphatic heterocycles. The van der Waals surface area contributed by atoms with Gasteiger partial charge in [0.25, 0.3) is 0 Å². The van der Waals surface area contributed by atoms with Crippen LogP contribution in [0.15, 0.2) is 47.5 Å². The summed E-state index contributed by atoms with van der Waals surface area (Å²) in [4.78, 5) is 10.7. The number of ether oxygens (including phenoxy) is 1. The molecule has 4 aromatic rings.